The van der Waals surface area contributed by atoms with Crippen molar-refractivity contribution in [3.8, 4) is 10.7 Å². The standard InChI is InChI=1S/C22H17FN4O2S2/c1-13-18(21-25-20(26-29-21)17-8-4-10-31-17)19(14-5-2-6-15(23)11-14)24-22(30)27(13)12-16-7-3-9-28-16/h2-11,19H,12H2,1H3,(H,24,30). The van der Waals surface area contributed by atoms with Gasteiger partial charge in [-0.1, -0.05) is 23.4 Å². The van der Waals surface area contributed by atoms with Crippen molar-refractivity contribution in [1.29, 1.82) is 0 Å². The third kappa shape index (κ3) is 3.77. The second-order valence-electron chi connectivity index (χ2n) is 7.00. The highest BCUT2D eigenvalue weighted by Crippen LogP contribution is 2.38. The number of nitrogens with zero attached hydrogens (tertiary/aromatic N) is 3. The van der Waals surface area contributed by atoms with Crippen LogP contribution in [-0.4, -0.2) is 20.2 Å². The van der Waals surface area contributed by atoms with Crippen LogP contribution < -0.4 is 5.32 Å². The summed E-state index contributed by atoms with van der Waals surface area (Å²) in [5.41, 5.74) is 2.28. The van der Waals surface area contributed by atoms with Gasteiger partial charge in [-0.05, 0) is 60.4 Å². The van der Waals surface area contributed by atoms with Crippen LogP contribution in [0.4, 0.5) is 4.39 Å². The first-order valence-corrected chi connectivity index (χ1v) is 10.8. The summed E-state index contributed by atoms with van der Waals surface area (Å²) in [5.74, 6) is 1.30. The van der Waals surface area contributed by atoms with Crippen LogP contribution in [0.2, 0.25) is 0 Å². The van der Waals surface area contributed by atoms with Crippen molar-refractivity contribution in [3.63, 3.8) is 0 Å². The number of hydrogen-bond acceptors (Lipinski definition) is 6. The molecule has 0 saturated carbocycles. The molecule has 4 heterocycles. The quantitative estimate of drug-likeness (QED) is 0.407. The monoisotopic (exact) mass is 452 g/mol. The van der Waals surface area contributed by atoms with E-state index in [1.54, 1.807) is 12.3 Å². The molecule has 5 rings (SSSR count). The molecule has 0 aliphatic carbocycles. The summed E-state index contributed by atoms with van der Waals surface area (Å²) < 4.78 is 25.2. The maximum atomic E-state index is 14.0. The van der Waals surface area contributed by atoms with Gasteiger partial charge in [-0.2, -0.15) is 4.98 Å². The first kappa shape index (κ1) is 19.7. The SMILES string of the molecule is CC1=C(c2nc(-c3cccs3)no2)C(c2cccc(F)c2)NC(=S)N1Cc1ccco1. The molecule has 1 unspecified atom stereocenters. The molecule has 0 spiro atoms. The van der Waals surface area contributed by atoms with E-state index in [9.17, 15) is 4.39 Å². The summed E-state index contributed by atoms with van der Waals surface area (Å²) in [6.45, 7) is 2.38. The van der Waals surface area contributed by atoms with Crippen molar-refractivity contribution >= 4 is 34.2 Å². The van der Waals surface area contributed by atoms with Gasteiger partial charge in [-0.15, -0.1) is 11.3 Å². The van der Waals surface area contributed by atoms with E-state index >= 15 is 0 Å². The molecule has 31 heavy (non-hydrogen) atoms. The lowest BCUT2D eigenvalue weighted by Gasteiger charge is -2.37. The molecule has 6 nitrogen and oxygen atoms in total. The number of thiophene rings is 1. The number of allylic oxidation sites excluding steroid dienone is 1. The molecule has 0 fully saturated rings. The molecular formula is C22H17FN4O2S2. The number of furan rings is 1. The fourth-order valence-electron chi connectivity index (χ4n) is 3.58. The molecule has 9 heteroatoms. The number of nitrogens with one attached hydrogen (secondary N) is 1. The van der Waals surface area contributed by atoms with E-state index in [4.69, 9.17) is 21.2 Å². The van der Waals surface area contributed by atoms with Crippen molar-refractivity contribution < 1.29 is 13.3 Å². The van der Waals surface area contributed by atoms with E-state index < -0.39 is 6.04 Å². The predicted octanol–water partition coefficient (Wildman–Crippen LogP) is 5.39. The van der Waals surface area contributed by atoms with E-state index in [0.717, 1.165) is 21.9 Å². The highest BCUT2D eigenvalue weighted by Gasteiger charge is 2.34. The smallest absolute Gasteiger partial charge is 0.258 e. The summed E-state index contributed by atoms with van der Waals surface area (Å²) in [5, 5.41) is 9.92. The first-order chi connectivity index (χ1) is 15.1. The number of halogens is 1. The zero-order valence-corrected chi connectivity index (χ0v) is 18.0. The molecular weight excluding hydrogens is 435 g/mol. The van der Waals surface area contributed by atoms with Gasteiger partial charge in [0.1, 0.15) is 11.6 Å². The minimum absolute atomic E-state index is 0.329. The molecule has 156 valence electrons. The normalized spacial score (nSPS) is 16.6. The molecule has 3 aromatic heterocycles. The number of hydrogen-bond donors (Lipinski definition) is 1. The van der Waals surface area contributed by atoms with Crippen LogP contribution in [0, 0.1) is 5.82 Å². The van der Waals surface area contributed by atoms with Gasteiger partial charge in [0.05, 0.1) is 29.3 Å². The first-order valence-electron chi connectivity index (χ1n) is 9.55. The van der Waals surface area contributed by atoms with E-state index in [1.807, 2.05) is 47.5 Å². The topological polar surface area (TPSA) is 67.3 Å². The molecule has 0 bridgehead atoms. The highest BCUT2D eigenvalue weighted by atomic mass is 32.1. The number of rotatable bonds is 5. The molecule has 1 atom stereocenters. The van der Waals surface area contributed by atoms with Crippen LogP contribution in [0.25, 0.3) is 16.3 Å². The Bertz CT molecular complexity index is 1250. The Kier molecular flexibility index (Phi) is 5.13. The molecule has 0 amide bonds. The zero-order valence-electron chi connectivity index (χ0n) is 16.4. The molecule has 0 radical (unpaired) electrons. The zero-order chi connectivity index (χ0) is 21.4. The molecule has 4 aromatic rings. The van der Waals surface area contributed by atoms with Gasteiger partial charge in [-0.3, -0.25) is 0 Å². The van der Waals surface area contributed by atoms with Crippen LogP contribution in [0.15, 0.2) is 74.8 Å². The van der Waals surface area contributed by atoms with Crippen LogP contribution in [0.3, 0.4) is 0 Å². The Morgan fingerprint density at radius 3 is 2.87 bits per heavy atom. The van der Waals surface area contributed by atoms with E-state index in [0.29, 0.717) is 28.9 Å². The largest absolute Gasteiger partial charge is 0.467 e. The minimum atomic E-state index is -0.437. The van der Waals surface area contributed by atoms with Gasteiger partial charge in [0.25, 0.3) is 5.89 Å². The maximum Gasteiger partial charge on any atom is 0.258 e. The molecule has 0 saturated heterocycles. The molecule has 1 aliphatic rings. The van der Waals surface area contributed by atoms with Gasteiger partial charge >= 0.3 is 0 Å². The molecule has 1 aromatic carbocycles. The minimum Gasteiger partial charge on any atom is -0.467 e. The Labute approximate surface area is 187 Å². The Morgan fingerprint density at radius 2 is 2.13 bits per heavy atom. The van der Waals surface area contributed by atoms with Crippen molar-refractivity contribution in [1.82, 2.24) is 20.4 Å². The van der Waals surface area contributed by atoms with Gasteiger partial charge in [0, 0.05) is 5.70 Å². The summed E-state index contributed by atoms with van der Waals surface area (Å²) in [7, 11) is 0. The van der Waals surface area contributed by atoms with E-state index in [1.165, 1.54) is 23.5 Å². The average molecular weight is 453 g/mol. The summed E-state index contributed by atoms with van der Waals surface area (Å²) in [6.07, 6.45) is 1.62. The third-order valence-electron chi connectivity index (χ3n) is 5.07. The lowest BCUT2D eigenvalue weighted by molar-refractivity contribution is 0.382. The van der Waals surface area contributed by atoms with Crippen molar-refractivity contribution in [2.24, 2.45) is 0 Å². The number of aromatic nitrogens is 2. The molecule has 1 aliphatic heterocycles. The summed E-state index contributed by atoms with van der Waals surface area (Å²) >= 11 is 7.17. The lowest BCUT2D eigenvalue weighted by atomic mass is 9.94. The Hall–Kier alpha value is -3.30. The van der Waals surface area contributed by atoms with E-state index in [-0.39, 0.29) is 5.82 Å². The van der Waals surface area contributed by atoms with Gasteiger partial charge in [-0.25, -0.2) is 4.39 Å². The summed E-state index contributed by atoms with van der Waals surface area (Å²) in [6, 6.07) is 13.5. The van der Waals surface area contributed by atoms with Gasteiger partial charge in [0.2, 0.25) is 5.82 Å². The fraction of sp³-hybridized carbons (Fsp3) is 0.136. The molecule has 1 N–H and O–H groups in total. The average Bonchev–Trinajstić information content (AvgIpc) is 3.53. The number of benzene rings is 1. The van der Waals surface area contributed by atoms with Crippen molar-refractivity contribution in [3.05, 3.63) is 88.9 Å². The Balaban J connectivity index is 1.62. The predicted molar refractivity (Wildman–Crippen MR) is 119 cm³/mol. The van der Waals surface area contributed by atoms with Crippen LogP contribution in [-0.2, 0) is 6.54 Å². The van der Waals surface area contributed by atoms with Crippen LogP contribution >= 0.6 is 23.6 Å². The summed E-state index contributed by atoms with van der Waals surface area (Å²) in [4.78, 5) is 7.45. The van der Waals surface area contributed by atoms with Crippen molar-refractivity contribution in [2.75, 3.05) is 0 Å². The van der Waals surface area contributed by atoms with Gasteiger partial charge in [0.15, 0.2) is 5.11 Å². The van der Waals surface area contributed by atoms with Gasteiger partial charge < -0.3 is 19.2 Å². The lowest BCUT2D eigenvalue weighted by Crippen LogP contribution is -2.45. The Morgan fingerprint density at radius 1 is 1.23 bits per heavy atom. The second kappa shape index (κ2) is 8.09. The van der Waals surface area contributed by atoms with E-state index in [2.05, 4.69) is 15.5 Å². The van der Waals surface area contributed by atoms with Crippen molar-refractivity contribution in [2.45, 2.75) is 19.5 Å². The number of thiocarbonyl (C=S) groups is 1. The van der Waals surface area contributed by atoms with Crippen LogP contribution in [0.1, 0.15) is 30.2 Å². The highest BCUT2D eigenvalue weighted by molar-refractivity contribution is 7.80. The maximum absolute atomic E-state index is 14.0. The third-order valence-corrected chi connectivity index (χ3v) is 6.27. The second-order valence-corrected chi connectivity index (χ2v) is 8.34. The fourth-order valence-corrected chi connectivity index (χ4v) is 4.55. The van der Waals surface area contributed by atoms with Crippen LogP contribution in [0.5, 0.6) is 0 Å².